The van der Waals surface area contributed by atoms with Crippen molar-refractivity contribution < 1.29 is 10.2 Å². The second-order valence-electron chi connectivity index (χ2n) is 8.97. The number of aliphatic hydroxyl groups is 2. The number of piperidine rings is 2. The molecule has 0 radical (unpaired) electrons. The van der Waals surface area contributed by atoms with Gasteiger partial charge in [0.2, 0.25) is 0 Å². The van der Waals surface area contributed by atoms with Crippen molar-refractivity contribution in [2.45, 2.75) is 102 Å². The van der Waals surface area contributed by atoms with Gasteiger partial charge in [0.25, 0.3) is 0 Å². The molecule has 3 fully saturated rings. The highest BCUT2D eigenvalue weighted by molar-refractivity contribution is 4.95. The van der Waals surface area contributed by atoms with E-state index in [1.165, 1.54) is 25.7 Å². The Labute approximate surface area is 158 Å². The maximum Gasteiger partial charge on any atom is 0.120 e. The van der Waals surface area contributed by atoms with Crippen LogP contribution in [0.2, 0.25) is 0 Å². The van der Waals surface area contributed by atoms with Crippen LogP contribution in [0.5, 0.6) is 0 Å². The number of hydrogen-bond acceptors (Lipinski definition) is 6. The highest BCUT2D eigenvalue weighted by Crippen LogP contribution is 2.31. The molecular formula is C20H40N4O2. The topological polar surface area (TPSA) is 88.6 Å². The summed E-state index contributed by atoms with van der Waals surface area (Å²) in [5, 5.41) is 35.3. The molecule has 3 rings (SSSR count). The first-order chi connectivity index (χ1) is 12.5. The molecule has 0 bridgehead atoms. The molecule has 2 aliphatic heterocycles. The van der Waals surface area contributed by atoms with Gasteiger partial charge in [-0.3, -0.25) is 10.6 Å². The monoisotopic (exact) mass is 368 g/mol. The van der Waals surface area contributed by atoms with E-state index in [9.17, 15) is 10.2 Å². The van der Waals surface area contributed by atoms with Gasteiger partial charge in [-0.15, -0.1) is 0 Å². The van der Waals surface area contributed by atoms with Crippen molar-refractivity contribution in [2.24, 2.45) is 11.8 Å². The zero-order valence-corrected chi connectivity index (χ0v) is 16.6. The first kappa shape index (κ1) is 20.5. The molecule has 26 heavy (non-hydrogen) atoms. The summed E-state index contributed by atoms with van der Waals surface area (Å²) >= 11 is 0. The van der Waals surface area contributed by atoms with Gasteiger partial charge in [0.1, 0.15) is 12.5 Å². The quantitative estimate of drug-likeness (QED) is 0.391. The Morgan fingerprint density at radius 2 is 1.15 bits per heavy atom. The van der Waals surface area contributed by atoms with Crippen molar-refractivity contribution in [1.29, 1.82) is 0 Å². The molecule has 152 valence electrons. The van der Waals surface area contributed by atoms with Crippen molar-refractivity contribution in [3.05, 3.63) is 0 Å². The Morgan fingerprint density at radius 1 is 0.731 bits per heavy atom. The second-order valence-corrected chi connectivity index (χ2v) is 8.97. The lowest BCUT2D eigenvalue weighted by Gasteiger charge is -2.43. The van der Waals surface area contributed by atoms with Crippen molar-refractivity contribution in [1.82, 2.24) is 21.3 Å². The minimum absolute atomic E-state index is 0.143. The predicted octanol–water partition coefficient (Wildman–Crippen LogP) is 0.890. The molecule has 0 aromatic carbocycles. The van der Waals surface area contributed by atoms with Crippen LogP contribution in [-0.4, -0.2) is 59.9 Å². The van der Waals surface area contributed by atoms with Crippen LogP contribution in [0.25, 0.3) is 0 Å². The summed E-state index contributed by atoms with van der Waals surface area (Å²) in [6.45, 7) is 6.60. The van der Waals surface area contributed by atoms with E-state index in [4.69, 9.17) is 0 Å². The fraction of sp³-hybridized carbons (Fsp3) is 1.00. The van der Waals surface area contributed by atoms with Crippen LogP contribution in [0.3, 0.4) is 0 Å². The Balaban J connectivity index is 1.58. The van der Waals surface area contributed by atoms with Gasteiger partial charge in [-0.05, 0) is 63.5 Å². The van der Waals surface area contributed by atoms with Crippen LogP contribution in [0.4, 0.5) is 0 Å². The van der Waals surface area contributed by atoms with E-state index in [1.54, 1.807) is 0 Å². The van der Waals surface area contributed by atoms with Crippen LogP contribution in [0.15, 0.2) is 0 Å². The van der Waals surface area contributed by atoms with E-state index in [1.807, 2.05) is 0 Å². The molecule has 0 aromatic rings. The van der Waals surface area contributed by atoms with Gasteiger partial charge in [-0.25, -0.2) is 0 Å². The summed E-state index contributed by atoms with van der Waals surface area (Å²) in [6.07, 6.45) is 7.85. The fourth-order valence-electron chi connectivity index (χ4n) is 4.93. The smallest absolute Gasteiger partial charge is 0.120 e. The van der Waals surface area contributed by atoms with E-state index >= 15 is 0 Å². The molecule has 2 heterocycles. The van der Waals surface area contributed by atoms with E-state index in [2.05, 4.69) is 35.1 Å². The van der Waals surface area contributed by atoms with Crippen molar-refractivity contribution in [3.63, 3.8) is 0 Å². The van der Waals surface area contributed by atoms with Crippen LogP contribution in [-0.2, 0) is 0 Å². The number of nitrogens with one attached hydrogen (secondary N) is 4. The maximum absolute atomic E-state index is 10.7. The Bertz CT molecular complexity index is 375. The average Bonchev–Trinajstić information content (AvgIpc) is 2.67. The molecule has 0 amide bonds. The average molecular weight is 369 g/mol. The lowest BCUT2D eigenvalue weighted by atomic mass is 9.76. The Morgan fingerprint density at radius 3 is 1.50 bits per heavy atom. The summed E-state index contributed by atoms with van der Waals surface area (Å²) in [5.74, 6) is 1.25. The summed E-state index contributed by atoms with van der Waals surface area (Å²) in [5.41, 5.74) is 0. The van der Waals surface area contributed by atoms with Gasteiger partial charge >= 0.3 is 0 Å². The van der Waals surface area contributed by atoms with E-state index < -0.39 is 12.5 Å². The van der Waals surface area contributed by atoms with Gasteiger partial charge in [0.15, 0.2) is 0 Å². The lowest BCUT2D eigenvalue weighted by Crippen LogP contribution is -2.63. The zero-order chi connectivity index (χ0) is 18.5. The standard InChI is InChI=1S/C20H40N4O2/c1-13-11-17(23-19(25)15-7-3-5-9-21-15)18(12-14(13)2)24-20(26)16-8-4-6-10-22-16/h13-26H,3-12H2,1-2H3. The predicted molar refractivity (Wildman–Crippen MR) is 105 cm³/mol. The summed E-state index contributed by atoms with van der Waals surface area (Å²) < 4.78 is 0. The molecule has 2 saturated heterocycles. The van der Waals surface area contributed by atoms with Crippen LogP contribution in [0, 0.1) is 11.8 Å². The first-order valence-electron chi connectivity index (χ1n) is 10.9. The van der Waals surface area contributed by atoms with E-state index in [-0.39, 0.29) is 24.2 Å². The van der Waals surface area contributed by atoms with Crippen molar-refractivity contribution in [3.8, 4) is 0 Å². The second kappa shape index (κ2) is 9.80. The molecule has 6 nitrogen and oxygen atoms in total. The maximum atomic E-state index is 10.7. The van der Waals surface area contributed by atoms with Crippen LogP contribution < -0.4 is 21.3 Å². The molecule has 8 atom stereocenters. The largest absolute Gasteiger partial charge is 0.377 e. The van der Waals surface area contributed by atoms with Crippen molar-refractivity contribution in [2.75, 3.05) is 13.1 Å². The fourth-order valence-corrected chi connectivity index (χ4v) is 4.93. The number of rotatable bonds is 6. The van der Waals surface area contributed by atoms with Gasteiger partial charge in [-0.1, -0.05) is 26.7 Å². The van der Waals surface area contributed by atoms with Gasteiger partial charge in [-0.2, -0.15) is 0 Å². The SMILES string of the molecule is CC1CC(NC(O)C2CCCCN2)C(NC(O)C2CCCCN2)CC1C. The summed E-state index contributed by atoms with van der Waals surface area (Å²) in [6, 6.07) is 0.671. The molecule has 6 N–H and O–H groups in total. The third-order valence-corrected chi connectivity index (χ3v) is 6.94. The summed E-state index contributed by atoms with van der Waals surface area (Å²) in [7, 11) is 0. The normalized spacial score (nSPS) is 41.5. The number of hydrogen-bond donors (Lipinski definition) is 6. The Kier molecular flexibility index (Phi) is 7.73. The van der Waals surface area contributed by atoms with Gasteiger partial charge < -0.3 is 20.8 Å². The first-order valence-corrected chi connectivity index (χ1v) is 10.9. The van der Waals surface area contributed by atoms with E-state index in [0.717, 1.165) is 38.8 Å². The van der Waals surface area contributed by atoms with Crippen molar-refractivity contribution >= 4 is 0 Å². The highest BCUT2D eigenvalue weighted by atomic mass is 16.3. The number of aliphatic hydroxyl groups excluding tert-OH is 2. The summed E-state index contributed by atoms with van der Waals surface area (Å²) in [4.78, 5) is 0. The molecule has 1 saturated carbocycles. The van der Waals surface area contributed by atoms with Gasteiger partial charge in [0.05, 0.1) is 0 Å². The van der Waals surface area contributed by atoms with Crippen LogP contribution in [0.1, 0.15) is 65.2 Å². The molecule has 1 aliphatic carbocycles. The van der Waals surface area contributed by atoms with E-state index in [0.29, 0.717) is 11.8 Å². The third kappa shape index (κ3) is 5.40. The highest BCUT2D eigenvalue weighted by Gasteiger charge is 2.37. The molecule has 0 aromatic heterocycles. The zero-order valence-electron chi connectivity index (χ0n) is 16.6. The molecule has 3 aliphatic rings. The molecule has 0 spiro atoms. The molecule has 6 heteroatoms. The Hall–Kier alpha value is -0.240. The molecule has 8 unspecified atom stereocenters. The van der Waals surface area contributed by atoms with Gasteiger partial charge in [0, 0.05) is 24.2 Å². The molecular weight excluding hydrogens is 328 g/mol. The minimum Gasteiger partial charge on any atom is -0.377 e. The minimum atomic E-state index is -0.518. The van der Waals surface area contributed by atoms with Crippen LogP contribution >= 0.6 is 0 Å². The third-order valence-electron chi connectivity index (χ3n) is 6.94. The lowest BCUT2D eigenvalue weighted by molar-refractivity contribution is 0.0193.